The zero-order valence-electron chi connectivity index (χ0n) is 11.4. The summed E-state index contributed by atoms with van der Waals surface area (Å²) in [6.07, 6.45) is 3.59. The summed E-state index contributed by atoms with van der Waals surface area (Å²) in [5, 5.41) is 8.74. The zero-order chi connectivity index (χ0) is 14.3. The number of carbonyl (C=O) groups excluding carboxylic acids is 1. The van der Waals surface area contributed by atoms with Gasteiger partial charge in [0.1, 0.15) is 12.0 Å². The summed E-state index contributed by atoms with van der Waals surface area (Å²) in [6, 6.07) is 0. The van der Waals surface area contributed by atoms with Gasteiger partial charge in [-0.05, 0) is 26.0 Å². The zero-order valence-corrected chi connectivity index (χ0v) is 11.4. The number of aldehydes is 1. The largest absolute Gasteiger partial charge is 0.478 e. The molecule has 102 valence electrons. The molecule has 0 aliphatic heterocycles. The van der Waals surface area contributed by atoms with E-state index in [9.17, 15) is 9.59 Å². The molecule has 5 heteroatoms. The maximum atomic E-state index is 10.8. The van der Waals surface area contributed by atoms with Crippen molar-refractivity contribution in [2.75, 3.05) is 7.11 Å². The van der Waals surface area contributed by atoms with Crippen LogP contribution in [0.5, 0.6) is 0 Å². The van der Waals surface area contributed by atoms with Crippen LogP contribution in [0.4, 0.5) is 0 Å². The van der Waals surface area contributed by atoms with Crippen molar-refractivity contribution in [3.05, 3.63) is 23.5 Å². The van der Waals surface area contributed by atoms with Crippen molar-refractivity contribution < 1.29 is 24.2 Å². The number of hydrogen-bond donors (Lipinski definition) is 1. The minimum Gasteiger partial charge on any atom is -0.478 e. The minimum absolute atomic E-state index is 0.157. The van der Waals surface area contributed by atoms with Crippen LogP contribution in [0.15, 0.2) is 23.5 Å². The maximum Gasteiger partial charge on any atom is 0.331 e. The Hall–Kier alpha value is -1.62. The third-order valence-electron chi connectivity index (χ3n) is 2.34. The van der Waals surface area contributed by atoms with Crippen molar-refractivity contribution in [2.24, 2.45) is 5.92 Å². The molecule has 0 bridgehead atoms. The average Bonchev–Trinajstić information content (AvgIpc) is 2.32. The SMILES string of the molecule is COC(C)(C)O/C(=C/C=C(\C)C(=O)O)C(C)C=O. The van der Waals surface area contributed by atoms with Crippen molar-refractivity contribution in [3.63, 3.8) is 0 Å². The molecule has 0 aromatic rings. The number of aliphatic carboxylic acids is 1. The standard InChI is InChI=1S/C13H20O5/c1-9(12(15)16)6-7-11(10(2)8-14)18-13(3,4)17-5/h6-8,10H,1-5H3,(H,15,16)/b9-6+,11-7+. The normalized spacial score (nSPS) is 15.2. The van der Waals surface area contributed by atoms with Gasteiger partial charge in [-0.25, -0.2) is 4.79 Å². The molecule has 1 N–H and O–H groups in total. The minimum atomic E-state index is -1.02. The van der Waals surface area contributed by atoms with E-state index in [0.29, 0.717) is 5.76 Å². The topological polar surface area (TPSA) is 72.8 Å². The third kappa shape index (κ3) is 5.63. The van der Waals surface area contributed by atoms with E-state index >= 15 is 0 Å². The van der Waals surface area contributed by atoms with E-state index in [2.05, 4.69) is 0 Å². The highest BCUT2D eigenvalue weighted by Crippen LogP contribution is 2.20. The third-order valence-corrected chi connectivity index (χ3v) is 2.34. The molecule has 0 fully saturated rings. The van der Waals surface area contributed by atoms with Gasteiger partial charge in [0.25, 0.3) is 0 Å². The Balaban J connectivity index is 5.13. The van der Waals surface area contributed by atoms with Gasteiger partial charge in [-0.15, -0.1) is 0 Å². The molecule has 0 aromatic heterocycles. The first-order valence-corrected chi connectivity index (χ1v) is 5.54. The first kappa shape index (κ1) is 16.4. The second-order valence-corrected chi connectivity index (χ2v) is 4.35. The fraction of sp³-hybridized carbons (Fsp3) is 0.538. The predicted molar refractivity (Wildman–Crippen MR) is 66.9 cm³/mol. The fourth-order valence-corrected chi connectivity index (χ4v) is 0.950. The molecule has 1 atom stereocenters. The average molecular weight is 256 g/mol. The van der Waals surface area contributed by atoms with Crippen LogP contribution >= 0.6 is 0 Å². The number of carboxylic acid groups (broad SMARTS) is 1. The van der Waals surface area contributed by atoms with Crippen LogP contribution in [-0.4, -0.2) is 30.3 Å². The van der Waals surface area contributed by atoms with E-state index in [0.717, 1.165) is 6.29 Å². The Morgan fingerprint density at radius 1 is 1.33 bits per heavy atom. The summed E-state index contributed by atoms with van der Waals surface area (Å²) >= 11 is 0. The predicted octanol–water partition coefficient (Wildman–Crippen LogP) is 2.14. The lowest BCUT2D eigenvalue weighted by atomic mass is 10.1. The van der Waals surface area contributed by atoms with Crippen LogP contribution in [0.2, 0.25) is 0 Å². The number of methoxy groups -OCH3 is 1. The molecular formula is C13H20O5. The van der Waals surface area contributed by atoms with E-state index in [1.54, 1.807) is 20.8 Å². The van der Waals surface area contributed by atoms with Gasteiger partial charge in [0.05, 0.1) is 5.92 Å². The maximum absolute atomic E-state index is 10.8. The second kappa shape index (κ2) is 6.96. The number of carboxylic acids is 1. The molecule has 0 aliphatic carbocycles. The molecule has 0 saturated heterocycles. The molecule has 0 aliphatic rings. The van der Waals surface area contributed by atoms with Crippen LogP contribution in [0.25, 0.3) is 0 Å². The molecule has 5 nitrogen and oxygen atoms in total. The number of ether oxygens (including phenoxy) is 2. The summed E-state index contributed by atoms with van der Waals surface area (Å²) < 4.78 is 10.6. The molecular weight excluding hydrogens is 236 g/mol. The van der Waals surface area contributed by atoms with Crippen LogP contribution < -0.4 is 0 Å². The summed E-state index contributed by atoms with van der Waals surface area (Å²) in [7, 11) is 1.49. The number of rotatable bonds is 7. The molecule has 0 heterocycles. The van der Waals surface area contributed by atoms with E-state index in [-0.39, 0.29) is 5.57 Å². The van der Waals surface area contributed by atoms with Gasteiger partial charge < -0.3 is 19.4 Å². The van der Waals surface area contributed by atoms with E-state index in [1.165, 1.54) is 26.2 Å². The van der Waals surface area contributed by atoms with Gasteiger partial charge in [0.15, 0.2) is 0 Å². The monoisotopic (exact) mass is 256 g/mol. The van der Waals surface area contributed by atoms with Crippen LogP contribution in [0.1, 0.15) is 27.7 Å². The van der Waals surface area contributed by atoms with Crippen molar-refractivity contribution in [3.8, 4) is 0 Å². The Morgan fingerprint density at radius 3 is 2.28 bits per heavy atom. The van der Waals surface area contributed by atoms with Crippen LogP contribution in [0.3, 0.4) is 0 Å². The second-order valence-electron chi connectivity index (χ2n) is 4.35. The molecule has 0 rings (SSSR count). The number of carbonyl (C=O) groups is 2. The van der Waals surface area contributed by atoms with Gasteiger partial charge in [0, 0.05) is 26.5 Å². The number of hydrogen-bond acceptors (Lipinski definition) is 4. The molecule has 0 radical (unpaired) electrons. The van der Waals surface area contributed by atoms with Crippen LogP contribution in [-0.2, 0) is 19.1 Å². The quantitative estimate of drug-likeness (QED) is 0.248. The lowest BCUT2D eigenvalue weighted by Gasteiger charge is -2.27. The summed E-state index contributed by atoms with van der Waals surface area (Å²) in [6.45, 7) is 6.52. The summed E-state index contributed by atoms with van der Waals surface area (Å²) in [4.78, 5) is 21.5. The lowest BCUT2D eigenvalue weighted by Crippen LogP contribution is -2.28. The first-order chi connectivity index (χ1) is 8.23. The molecule has 0 saturated carbocycles. The summed E-state index contributed by atoms with van der Waals surface area (Å²) in [5.41, 5.74) is 0.157. The van der Waals surface area contributed by atoms with Crippen molar-refractivity contribution >= 4 is 12.3 Å². The van der Waals surface area contributed by atoms with Crippen molar-refractivity contribution in [1.29, 1.82) is 0 Å². The number of allylic oxidation sites excluding steroid dienone is 3. The molecule has 1 unspecified atom stereocenters. The Labute approximate surface area is 107 Å². The van der Waals surface area contributed by atoms with Crippen LogP contribution in [0, 0.1) is 5.92 Å². The molecule has 18 heavy (non-hydrogen) atoms. The Kier molecular flexibility index (Phi) is 6.33. The highest BCUT2D eigenvalue weighted by atomic mass is 16.7. The van der Waals surface area contributed by atoms with E-state index < -0.39 is 17.7 Å². The van der Waals surface area contributed by atoms with Gasteiger partial charge in [-0.3, -0.25) is 0 Å². The Morgan fingerprint density at radius 2 is 1.89 bits per heavy atom. The van der Waals surface area contributed by atoms with E-state index in [4.69, 9.17) is 14.6 Å². The van der Waals surface area contributed by atoms with Gasteiger partial charge in [-0.2, -0.15) is 0 Å². The van der Waals surface area contributed by atoms with Gasteiger partial charge >= 0.3 is 5.97 Å². The van der Waals surface area contributed by atoms with Crippen molar-refractivity contribution in [2.45, 2.75) is 33.5 Å². The smallest absolute Gasteiger partial charge is 0.331 e. The lowest BCUT2D eigenvalue weighted by molar-refractivity contribution is -0.176. The highest BCUT2D eigenvalue weighted by Gasteiger charge is 2.22. The summed E-state index contributed by atoms with van der Waals surface area (Å²) in [5.74, 6) is -2.02. The van der Waals surface area contributed by atoms with E-state index in [1.807, 2.05) is 0 Å². The molecule has 0 aromatic carbocycles. The first-order valence-electron chi connectivity index (χ1n) is 5.54. The Bertz CT molecular complexity index is 366. The van der Waals surface area contributed by atoms with Gasteiger partial charge in [-0.1, -0.05) is 0 Å². The van der Waals surface area contributed by atoms with Gasteiger partial charge in [0.2, 0.25) is 5.79 Å². The molecule has 0 spiro atoms. The highest BCUT2D eigenvalue weighted by molar-refractivity contribution is 5.86. The fourth-order valence-electron chi connectivity index (χ4n) is 0.950. The molecule has 0 amide bonds. The van der Waals surface area contributed by atoms with Crippen molar-refractivity contribution in [1.82, 2.24) is 0 Å².